The van der Waals surface area contributed by atoms with Crippen molar-refractivity contribution in [2.24, 2.45) is 0 Å². The highest BCUT2D eigenvalue weighted by molar-refractivity contribution is 7.87. The molecule has 4 aromatic rings. The van der Waals surface area contributed by atoms with Crippen LogP contribution in [0.4, 0.5) is 15.2 Å². The Morgan fingerprint density at radius 2 is 2.00 bits per heavy atom. The number of anilines is 2. The number of nitrogens with zero attached hydrogens (tertiary/aromatic N) is 5. The lowest BCUT2D eigenvalue weighted by Gasteiger charge is -2.37. The zero-order valence-electron chi connectivity index (χ0n) is 22.8. The van der Waals surface area contributed by atoms with E-state index in [0.717, 1.165) is 30.8 Å². The molecule has 220 valence electrons. The molecule has 14 heteroatoms. The van der Waals surface area contributed by atoms with E-state index in [-0.39, 0.29) is 18.1 Å². The summed E-state index contributed by atoms with van der Waals surface area (Å²) < 4.78 is 48.5. The molecule has 0 spiro atoms. The van der Waals surface area contributed by atoms with Crippen LogP contribution in [0, 0.1) is 5.95 Å². The molecular formula is C28H30FN7O4S2. The highest BCUT2D eigenvalue weighted by Crippen LogP contribution is 2.38. The number of hydrogen-bond donors (Lipinski definition) is 2. The third kappa shape index (κ3) is 6.02. The highest BCUT2D eigenvalue weighted by Gasteiger charge is 2.36. The van der Waals surface area contributed by atoms with Crippen molar-refractivity contribution < 1.29 is 22.3 Å². The minimum absolute atomic E-state index is 0.0797. The zero-order valence-corrected chi connectivity index (χ0v) is 24.4. The summed E-state index contributed by atoms with van der Waals surface area (Å²) in [7, 11) is -2.02. The molecule has 5 heterocycles. The molecule has 2 fully saturated rings. The van der Waals surface area contributed by atoms with Gasteiger partial charge in [-0.3, -0.25) is 10.1 Å². The van der Waals surface area contributed by atoms with E-state index in [9.17, 15) is 17.6 Å². The molecule has 2 aliphatic rings. The fourth-order valence-electron chi connectivity index (χ4n) is 5.25. The van der Waals surface area contributed by atoms with Gasteiger partial charge in [-0.2, -0.15) is 17.1 Å². The Balaban J connectivity index is 1.07. The van der Waals surface area contributed by atoms with Crippen molar-refractivity contribution >= 4 is 38.3 Å². The lowest BCUT2D eigenvalue weighted by molar-refractivity contribution is 0.0755. The number of hydrogen-bond acceptors (Lipinski definition) is 8. The van der Waals surface area contributed by atoms with Gasteiger partial charge in [-0.05, 0) is 66.9 Å². The first-order chi connectivity index (χ1) is 20.3. The topological polar surface area (TPSA) is 122 Å². The van der Waals surface area contributed by atoms with Crippen molar-refractivity contribution in [2.75, 3.05) is 36.9 Å². The van der Waals surface area contributed by atoms with Crippen LogP contribution in [0.3, 0.4) is 0 Å². The summed E-state index contributed by atoms with van der Waals surface area (Å²) in [4.78, 5) is 23.7. The summed E-state index contributed by atoms with van der Waals surface area (Å²) in [6, 6.07) is 14.5. The summed E-state index contributed by atoms with van der Waals surface area (Å²) >= 11 is 1.38. The lowest BCUT2D eigenvalue weighted by Crippen LogP contribution is -2.58. The van der Waals surface area contributed by atoms with Crippen LogP contribution in [0.15, 0.2) is 66.3 Å². The largest absolute Gasteiger partial charge is 0.488 e. The van der Waals surface area contributed by atoms with Gasteiger partial charge in [0, 0.05) is 43.6 Å². The average Bonchev–Trinajstić information content (AvgIpc) is 3.72. The van der Waals surface area contributed by atoms with Crippen LogP contribution in [-0.4, -0.2) is 66.0 Å². The van der Waals surface area contributed by atoms with E-state index < -0.39 is 16.2 Å². The maximum atomic E-state index is 13.5. The number of carbonyl (C=O) groups excluding carboxylic acids is 1. The minimum atomic E-state index is -3.41. The van der Waals surface area contributed by atoms with Gasteiger partial charge in [0.2, 0.25) is 5.95 Å². The molecule has 2 N–H and O–H groups in total. The number of pyridine rings is 1. The zero-order chi connectivity index (χ0) is 29.3. The second kappa shape index (κ2) is 11.8. The van der Waals surface area contributed by atoms with Crippen LogP contribution >= 0.6 is 11.3 Å². The summed E-state index contributed by atoms with van der Waals surface area (Å²) in [5.41, 5.74) is 3.10. The van der Waals surface area contributed by atoms with E-state index in [1.807, 2.05) is 29.6 Å². The van der Waals surface area contributed by atoms with Crippen molar-refractivity contribution in [1.82, 2.24) is 23.6 Å². The second-order valence-corrected chi connectivity index (χ2v) is 12.9. The van der Waals surface area contributed by atoms with Crippen molar-refractivity contribution in [3.63, 3.8) is 0 Å². The Hall–Kier alpha value is -3.85. The average molecular weight is 612 g/mol. The molecule has 0 aliphatic carbocycles. The fraction of sp³-hybridized carbons (Fsp3) is 0.321. The van der Waals surface area contributed by atoms with E-state index in [1.54, 1.807) is 29.0 Å². The summed E-state index contributed by atoms with van der Waals surface area (Å²) in [6.07, 6.45) is 4.97. The smallest absolute Gasteiger partial charge is 0.279 e. The van der Waals surface area contributed by atoms with E-state index in [0.29, 0.717) is 41.8 Å². The Morgan fingerprint density at radius 3 is 2.76 bits per heavy atom. The van der Waals surface area contributed by atoms with Crippen molar-refractivity contribution in [3.8, 4) is 5.75 Å². The first-order valence-corrected chi connectivity index (χ1v) is 15.9. The van der Waals surface area contributed by atoms with Gasteiger partial charge in [0.05, 0.1) is 24.8 Å². The van der Waals surface area contributed by atoms with E-state index in [1.165, 1.54) is 35.0 Å². The molecular weight excluding hydrogens is 581 g/mol. The first-order valence-electron chi connectivity index (χ1n) is 13.5. The number of ether oxygens (including phenoxy) is 1. The minimum Gasteiger partial charge on any atom is -0.488 e. The number of aromatic nitrogens is 3. The molecule has 0 saturated carbocycles. The molecule has 1 atom stereocenters. The van der Waals surface area contributed by atoms with Gasteiger partial charge in [0.25, 0.3) is 16.1 Å². The summed E-state index contributed by atoms with van der Waals surface area (Å²) in [6.45, 7) is 1.86. The van der Waals surface area contributed by atoms with Crippen LogP contribution in [0.25, 0.3) is 0 Å². The van der Waals surface area contributed by atoms with Gasteiger partial charge in [0.1, 0.15) is 17.5 Å². The third-order valence-electron chi connectivity index (χ3n) is 7.43. The Morgan fingerprint density at radius 1 is 1.19 bits per heavy atom. The molecule has 2 aliphatic heterocycles. The van der Waals surface area contributed by atoms with Gasteiger partial charge in [0.15, 0.2) is 5.13 Å². The Bertz CT molecular complexity index is 1670. The number of thiazole rings is 1. The number of nitrogens with one attached hydrogen (secondary N) is 2. The SMILES string of the molecule is CNS(=O)(=O)N1CC(Oc2ccc(N3CCC[C@@H]3c3csc(NC(=O)c4cccn4Cc4ccnc(F)c4)n3)cc2)C1. The maximum absolute atomic E-state index is 13.5. The normalized spacial score (nSPS) is 17.8. The van der Waals surface area contributed by atoms with Gasteiger partial charge in [-0.1, -0.05) is 0 Å². The second-order valence-electron chi connectivity index (χ2n) is 10.2. The molecule has 1 amide bonds. The quantitative estimate of drug-likeness (QED) is 0.263. The van der Waals surface area contributed by atoms with Crippen molar-refractivity contribution in [2.45, 2.75) is 31.5 Å². The molecule has 0 radical (unpaired) electrons. The summed E-state index contributed by atoms with van der Waals surface area (Å²) in [5, 5.41) is 5.41. The molecule has 3 aromatic heterocycles. The Kier molecular flexibility index (Phi) is 7.94. The predicted molar refractivity (Wildman–Crippen MR) is 158 cm³/mol. The number of rotatable bonds is 10. The molecule has 42 heavy (non-hydrogen) atoms. The standard InChI is InChI=1S/C28H30FN7O4S2/c1-30-42(38,39)35-16-22(17-35)40-21-8-6-20(7-9-21)36-13-3-4-24(36)23-18-41-28(32-23)33-27(37)25-5-2-12-34(25)15-19-10-11-31-26(29)14-19/h2,5-12,14,18,22,24,30H,3-4,13,15-17H2,1H3,(H,32,33,37)/t24-/m1/s1. The van der Waals surface area contributed by atoms with Crippen molar-refractivity contribution in [3.05, 3.63) is 89.2 Å². The fourth-order valence-corrected chi connectivity index (χ4v) is 6.98. The van der Waals surface area contributed by atoms with Gasteiger partial charge >= 0.3 is 0 Å². The third-order valence-corrected chi connectivity index (χ3v) is 9.70. The lowest BCUT2D eigenvalue weighted by atomic mass is 10.1. The summed E-state index contributed by atoms with van der Waals surface area (Å²) in [5.74, 6) is -0.151. The molecule has 0 bridgehead atoms. The van der Waals surface area contributed by atoms with Crippen LogP contribution in [0.1, 0.15) is 40.6 Å². The monoisotopic (exact) mass is 611 g/mol. The van der Waals surface area contributed by atoms with Gasteiger partial charge in [-0.25, -0.2) is 14.7 Å². The number of amides is 1. The van der Waals surface area contributed by atoms with Crippen LogP contribution in [0.2, 0.25) is 0 Å². The number of halogens is 1. The van der Waals surface area contributed by atoms with Crippen LogP contribution in [0.5, 0.6) is 5.75 Å². The molecule has 0 unspecified atom stereocenters. The predicted octanol–water partition coefficient (Wildman–Crippen LogP) is 3.65. The van der Waals surface area contributed by atoms with Crippen LogP contribution in [-0.2, 0) is 16.8 Å². The Labute approximate surface area is 247 Å². The van der Waals surface area contributed by atoms with E-state index in [4.69, 9.17) is 9.72 Å². The highest BCUT2D eigenvalue weighted by atomic mass is 32.2. The van der Waals surface area contributed by atoms with Crippen LogP contribution < -0.4 is 19.7 Å². The number of benzene rings is 1. The molecule has 6 rings (SSSR count). The van der Waals surface area contributed by atoms with E-state index >= 15 is 0 Å². The molecule has 1 aromatic carbocycles. The van der Waals surface area contributed by atoms with E-state index in [2.05, 4.69) is 19.9 Å². The van der Waals surface area contributed by atoms with Crippen molar-refractivity contribution in [1.29, 1.82) is 0 Å². The van der Waals surface area contributed by atoms with Gasteiger partial charge in [-0.15, -0.1) is 11.3 Å². The first kappa shape index (κ1) is 28.3. The van der Waals surface area contributed by atoms with Gasteiger partial charge < -0.3 is 14.2 Å². The molecule has 11 nitrogen and oxygen atoms in total. The number of carbonyl (C=O) groups is 1. The molecule has 2 saturated heterocycles. The maximum Gasteiger partial charge on any atom is 0.279 e.